The lowest BCUT2D eigenvalue weighted by Gasteiger charge is -2.20. The van der Waals surface area contributed by atoms with Crippen molar-refractivity contribution in [2.24, 2.45) is 11.8 Å². The molecule has 2 atom stereocenters. The van der Waals surface area contributed by atoms with Crippen LogP contribution >= 0.6 is 0 Å². The first-order valence-electron chi connectivity index (χ1n) is 7.35. The third-order valence-corrected chi connectivity index (χ3v) is 4.50. The molecular formula is C17H22N2. The van der Waals surface area contributed by atoms with Gasteiger partial charge in [-0.3, -0.25) is 4.98 Å². The Morgan fingerprint density at radius 1 is 1.16 bits per heavy atom. The molecule has 0 saturated heterocycles. The summed E-state index contributed by atoms with van der Waals surface area (Å²) in [7, 11) is 2.07. The van der Waals surface area contributed by atoms with Gasteiger partial charge in [-0.15, -0.1) is 0 Å². The van der Waals surface area contributed by atoms with E-state index >= 15 is 0 Å². The van der Waals surface area contributed by atoms with Crippen molar-refractivity contribution in [2.45, 2.75) is 25.7 Å². The van der Waals surface area contributed by atoms with E-state index in [9.17, 15) is 0 Å². The number of rotatable bonds is 4. The summed E-state index contributed by atoms with van der Waals surface area (Å²) in [5, 5.41) is 4.68. The fourth-order valence-electron chi connectivity index (χ4n) is 3.53. The molecule has 2 heteroatoms. The summed E-state index contributed by atoms with van der Waals surface area (Å²) in [6.45, 7) is 1.16. The number of hydrogen-bond donors (Lipinski definition) is 1. The molecular weight excluding hydrogens is 232 g/mol. The van der Waals surface area contributed by atoms with Crippen LogP contribution in [0, 0.1) is 11.8 Å². The SMILES string of the molecule is CNCC1CCCC1Cc1ccnc2ccccc12. The molecule has 19 heavy (non-hydrogen) atoms. The lowest BCUT2D eigenvalue weighted by Crippen LogP contribution is -2.23. The summed E-state index contributed by atoms with van der Waals surface area (Å²) in [5.41, 5.74) is 2.60. The summed E-state index contributed by atoms with van der Waals surface area (Å²) >= 11 is 0. The normalized spacial score (nSPS) is 23.0. The zero-order valence-electron chi connectivity index (χ0n) is 11.6. The summed E-state index contributed by atoms with van der Waals surface area (Å²) in [5.74, 6) is 1.68. The fraction of sp³-hybridized carbons (Fsp3) is 0.471. The first kappa shape index (κ1) is 12.6. The second kappa shape index (κ2) is 5.70. The Bertz CT molecular complexity index is 544. The Hall–Kier alpha value is -1.41. The molecule has 1 heterocycles. The van der Waals surface area contributed by atoms with E-state index in [-0.39, 0.29) is 0 Å². The molecule has 2 aromatic rings. The fourth-order valence-corrected chi connectivity index (χ4v) is 3.53. The molecule has 0 spiro atoms. The van der Waals surface area contributed by atoms with Crippen LogP contribution in [-0.4, -0.2) is 18.6 Å². The molecule has 1 fully saturated rings. The zero-order chi connectivity index (χ0) is 13.1. The Morgan fingerprint density at radius 3 is 2.89 bits per heavy atom. The Labute approximate surface area is 115 Å². The van der Waals surface area contributed by atoms with Crippen molar-refractivity contribution in [3.05, 3.63) is 42.1 Å². The molecule has 1 aromatic heterocycles. The maximum atomic E-state index is 4.46. The number of fused-ring (bicyclic) bond motifs is 1. The van der Waals surface area contributed by atoms with Crippen molar-refractivity contribution in [1.82, 2.24) is 10.3 Å². The highest BCUT2D eigenvalue weighted by Crippen LogP contribution is 2.34. The summed E-state index contributed by atoms with van der Waals surface area (Å²) < 4.78 is 0. The van der Waals surface area contributed by atoms with E-state index in [1.807, 2.05) is 6.20 Å². The van der Waals surface area contributed by atoms with Gasteiger partial charge in [-0.1, -0.05) is 24.6 Å². The van der Waals surface area contributed by atoms with Gasteiger partial charge in [0.15, 0.2) is 0 Å². The highest BCUT2D eigenvalue weighted by molar-refractivity contribution is 5.81. The van der Waals surface area contributed by atoms with Gasteiger partial charge >= 0.3 is 0 Å². The molecule has 0 bridgehead atoms. The molecule has 1 N–H and O–H groups in total. The molecule has 2 nitrogen and oxygen atoms in total. The van der Waals surface area contributed by atoms with Crippen molar-refractivity contribution in [1.29, 1.82) is 0 Å². The smallest absolute Gasteiger partial charge is 0.0704 e. The van der Waals surface area contributed by atoms with Crippen molar-refractivity contribution in [3.8, 4) is 0 Å². The van der Waals surface area contributed by atoms with Gasteiger partial charge in [0, 0.05) is 11.6 Å². The molecule has 1 aromatic carbocycles. The summed E-state index contributed by atoms with van der Waals surface area (Å²) in [6, 6.07) is 10.7. The minimum Gasteiger partial charge on any atom is -0.319 e. The third kappa shape index (κ3) is 2.64. The van der Waals surface area contributed by atoms with Gasteiger partial charge in [0.25, 0.3) is 0 Å². The van der Waals surface area contributed by atoms with E-state index in [2.05, 4.69) is 47.7 Å². The van der Waals surface area contributed by atoms with Crippen LogP contribution in [0.15, 0.2) is 36.5 Å². The van der Waals surface area contributed by atoms with Gasteiger partial charge in [-0.25, -0.2) is 0 Å². The van der Waals surface area contributed by atoms with Crippen LogP contribution in [0.5, 0.6) is 0 Å². The number of benzene rings is 1. The van der Waals surface area contributed by atoms with Crippen LogP contribution in [0.3, 0.4) is 0 Å². The quantitative estimate of drug-likeness (QED) is 0.904. The Morgan fingerprint density at radius 2 is 2.00 bits per heavy atom. The molecule has 1 saturated carbocycles. The van der Waals surface area contributed by atoms with E-state index in [4.69, 9.17) is 0 Å². The lowest BCUT2D eigenvalue weighted by molar-refractivity contribution is 0.375. The molecule has 3 rings (SSSR count). The van der Waals surface area contributed by atoms with Gasteiger partial charge in [0.05, 0.1) is 5.52 Å². The number of aromatic nitrogens is 1. The van der Waals surface area contributed by atoms with Crippen LogP contribution in [0.2, 0.25) is 0 Å². The van der Waals surface area contributed by atoms with Crippen molar-refractivity contribution in [2.75, 3.05) is 13.6 Å². The predicted octanol–water partition coefficient (Wildman–Crippen LogP) is 3.41. The van der Waals surface area contributed by atoms with Crippen molar-refractivity contribution < 1.29 is 0 Å². The number of nitrogens with zero attached hydrogens (tertiary/aromatic N) is 1. The van der Waals surface area contributed by atoms with Crippen molar-refractivity contribution >= 4 is 10.9 Å². The topological polar surface area (TPSA) is 24.9 Å². The number of para-hydroxylation sites is 1. The first-order chi connectivity index (χ1) is 9.38. The van der Waals surface area contributed by atoms with Crippen LogP contribution in [0.25, 0.3) is 10.9 Å². The monoisotopic (exact) mass is 254 g/mol. The number of hydrogen-bond acceptors (Lipinski definition) is 2. The average molecular weight is 254 g/mol. The van der Waals surface area contributed by atoms with E-state index in [1.165, 1.54) is 36.6 Å². The number of pyridine rings is 1. The average Bonchev–Trinajstić information content (AvgIpc) is 2.87. The predicted molar refractivity (Wildman–Crippen MR) is 80.2 cm³/mol. The Kier molecular flexibility index (Phi) is 3.79. The molecule has 100 valence electrons. The van der Waals surface area contributed by atoms with Crippen LogP contribution in [0.1, 0.15) is 24.8 Å². The minimum atomic E-state index is 0.832. The van der Waals surface area contributed by atoms with Gasteiger partial charge in [0.1, 0.15) is 0 Å². The third-order valence-electron chi connectivity index (χ3n) is 4.50. The molecule has 1 aliphatic rings. The molecule has 0 aliphatic heterocycles. The lowest BCUT2D eigenvalue weighted by atomic mass is 9.88. The van der Waals surface area contributed by atoms with E-state index in [0.717, 1.165) is 23.9 Å². The van der Waals surface area contributed by atoms with Crippen molar-refractivity contribution in [3.63, 3.8) is 0 Å². The number of nitrogens with one attached hydrogen (secondary N) is 1. The zero-order valence-corrected chi connectivity index (χ0v) is 11.6. The summed E-state index contributed by atoms with van der Waals surface area (Å²) in [4.78, 5) is 4.46. The van der Waals surface area contributed by atoms with Crippen LogP contribution < -0.4 is 5.32 Å². The summed E-state index contributed by atoms with van der Waals surface area (Å²) in [6.07, 6.45) is 7.31. The van der Waals surface area contributed by atoms with Gasteiger partial charge in [-0.05, 0) is 62.4 Å². The minimum absolute atomic E-state index is 0.832. The maximum absolute atomic E-state index is 4.46. The maximum Gasteiger partial charge on any atom is 0.0704 e. The standard InChI is InChI=1S/C17H22N2/c1-18-12-15-6-4-5-13(15)11-14-9-10-19-17-8-3-2-7-16(14)17/h2-3,7-10,13,15,18H,4-6,11-12H2,1H3. The Balaban J connectivity index is 1.85. The molecule has 1 aliphatic carbocycles. The van der Waals surface area contributed by atoms with E-state index < -0.39 is 0 Å². The highest BCUT2D eigenvalue weighted by Gasteiger charge is 2.26. The van der Waals surface area contributed by atoms with Gasteiger partial charge in [-0.2, -0.15) is 0 Å². The van der Waals surface area contributed by atoms with Gasteiger partial charge < -0.3 is 5.32 Å². The first-order valence-corrected chi connectivity index (χ1v) is 7.35. The molecule has 0 amide bonds. The van der Waals surface area contributed by atoms with Crippen LogP contribution in [0.4, 0.5) is 0 Å². The van der Waals surface area contributed by atoms with E-state index in [1.54, 1.807) is 0 Å². The largest absolute Gasteiger partial charge is 0.319 e. The van der Waals surface area contributed by atoms with Gasteiger partial charge in [0.2, 0.25) is 0 Å². The van der Waals surface area contributed by atoms with E-state index in [0.29, 0.717) is 0 Å². The second-order valence-corrected chi connectivity index (χ2v) is 5.70. The van der Waals surface area contributed by atoms with Crippen LogP contribution in [-0.2, 0) is 6.42 Å². The molecule has 2 unspecified atom stereocenters. The molecule has 0 radical (unpaired) electrons. The second-order valence-electron chi connectivity index (χ2n) is 5.70. The highest BCUT2D eigenvalue weighted by atomic mass is 14.8.